The van der Waals surface area contributed by atoms with E-state index in [0.29, 0.717) is 6.10 Å². The molecule has 5 rings (SSSR count). The van der Waals surface area contributed by atoms with Crippen molar-refractivity contribution in [3.63, 3.8) is 0 Å². The standard InChI is InChI=1S/C23H24N4OS/c1-16-7-6-8-17(13-16)27-22(20-14-24-21-11-3-2-10-19(20)21)25-26-23(27)29-15-18-9-4-5-12-28-18/h2-3,6-8,10-11,13-14,18,24H,4-5,9,12,15H2,1H3. The van der Waals surface area contributed by atoms with Crippen LogP contribution in [0.2, 0.25) is 0 Å². The van der Waals surface area contributed by atoms with Gasteiger partial charge in [0.1, 0.15) is 0 Å². The maximum atomic E-state index is 5.92. The van der Waals surface area contributed by atoms with Gasteiger partial charge in [-0.2, -0.15) is 0 Å². The van der Waals surface area contributed by atoms with Gasteiger partial charge in [0.15, 0.2) is 11.0 Å². The van der Waals surface area contributed by atoms with Crippen molar-refractivity contribution in [3.05, 3.63) is 60.3 Å². The van der Waals surface area contributed by atoms with Crippen molar-refractivity contribution in [2.45, 2.75) is 37.4 Å². The maximum Gasteiger partial charge on any atom is 0.196 e. The summed E-state index contributed by atoms with van der Waals surface area (Å²) in [6.45, 7) is 2.98. The number of fused-ring (bicyclic) bond motifs is 1. The Bertz CT molecular complexity index is 1130. The summed E-state index contributed by atoms with van der Waals surface area (Å²) < 4.78 is 8.09. The molecule has 6 heteroatoms. The van der Waals surface area contributed by atoms with Crippen LogP contribution in [0.5, 0.6) is 0 Å². The molecule has 1 aliphatic rings. The van der Waals surface area contributed by atoms with E-state index in [9.17, 15) is 0 Å². The van der Waals surface area contributed by atoms with Gasteiger partial charge in [-0.25, -0.2) is 0 Å². The molecule has 1 unspecified atom stereocenters. The normalized spacial score (nSPS) is 17.1. The van der Waals surface area contributed by atoms with Crippen molar-refractivity contribution >= 4 is 22.7 Å². The maximum absolute atomic E-state index is 5.92. The summed E-state index contributed by atoms with van der Waals surface area (Å²) in [5.41, 5.74) is 4.47. The van der Waals surface area contributed by atoms with Gasteiger partial charge in [0, 0.05) is 40.7 Å². The molecule has 0 aliphatic carbocycles. The Morgan fingerprint density at radius 2 is 2.07 bits per heavy atom. The second-order valence-electron chi connectivity index (χ2n) is 7.53. The minimum absolute atomic E-state index is 0.299. The summed E-state index contributed by atoms with van der Waals surface area (Å²) >= 11 is 1.73. The topological polar surface area (TPSA) is 55.7 Å². The second kappa shape index (κ2) is 8.05. The fourth-order valence-electron chi connectivity index (χ4n) is 3.90. The first-order chi connectivity index (χ1) is 14.3. The molecule has 5 nitrogen and oxygen atoms in total. The third kappa shape index (κ3) is 3.70. The highest BCUT2D eigenvalue weighted by Crippen LogP contribution is 2.33. The molecule has 0 radical (unpaired) electrons. The molecule has 2 aromatic carbocycles. The fourth-order valence-corrected chi connectivity index (χ4v) is 4.92. The van der Waals surface area contributed by atoms with Crippen molar-refractivity contribution in [2.75, 3.05) is 12.4 Å². The number of aromatic nitrogens is 4. The summed E-state index contributed by atoms with van der Waals surface area (Å²) in [6, 6.07) is 16.8. The lowest BCUT2D eigenvalue weighted by atomic mass is 10.1. The number of aryl methyl sites for hydroxylation is 1. The molecule has 3 heterocycles. The molecule has 1 saturated heterocycles. The summed E-state index contributed by atoms with van der Waals surface area (Å²) in [5.74, 6) is 1.76. The van der Waals surface area contributed by atoms with Crippen LogP contribution in [0.1, 0.15) is 24.8 Å². The Balaban J connectivity index is 1.57. The van der Waals surface area contributed by atoms with Crippen LogP contribution < -0.4 is 0 Å². The first kappa shape index (κ1) is 18.5. The third-order valence-electron chi connectivity index (χ3n) is 5.40. The predicted octanol–water partition coefficient (Wildman–Crippen LogP) is 5.39. The molecule has 0 amide bonds. The quantitative estimate of drug-likeness (QED) is 0.453. The highest BCUT2D eigenvalue weighted by atomic mass is 32.2. The van der Waals surface area contributed by atoms with E-state index >= 15 is 0 Å². The van der Waals surface area contributed by atoms with E-state index in [1.165, 1.54) is 18.4 Å². The molecule has 1 fully saturated rings. The Kier molecular flexibility index (Phi) is 5.12. The average molecular weight is 405 g/mol. The Morgan fingerprint density at radius 3 is 2.93 bits per heavy atom. The lowest BCUT2D eigenvalue weighted by Crippen LogP contribution is -2.21. The number of H-pyrrole nitrogens is 1. The third-order valence-corrected chi connectivity index (χ3v) is 6.46. The monoisotopic (exact) mass is 404 g/mol. The van der Waals surface area contributed by atoms with E-state index in [2.05, 4.69) is 69.1 Å². The summed E-state index contributed by atoms with van der Waals surface area (Å²) in [6.07, 6.45) is 5.87. The predicted molar refractivity (Wildman–Crippen MR) is 118 cm³/mol. The van der Waals surface area contributed by atoms with E-state index in [0.717, 1.165) is 51.9 Å². The van der Waals surface area contributed by atoms with Crippen molar-refractivity contribution in [2.24, 2.45) is 0 Å². The van der Waals surface area contributed by atoms with Gasteiger partial charge in [-0.1, -0.05) is 42.1 Å². The summed E-state index contributed by atoms with van der Waals surface area (Å²) in [4.78, 5) is 3.36. The minimum atomic E-state index is 0.299. The largest absolute Gasteiger partial charge is 0.377 e. The SMILES string of the molecule is Cc1cccc(-n2c(SCC3CCCCO3)nnc2-c2c[nH]c3ccccc23)c1. The number of rotatable bonds is 5. The van der Waals surface area contributed by atoms with Crippen LogP contribution in [0, 0.1) is 6.92 Å². The van der Waals surface area contributed by atoms with Crippen LogP contribution in [-0.4, -0.2) is 38.2 Å². The van der Waals surface area contributed by atoms with E-state index in [1.807, 2.05) is 12.3 Å². The lowest BCUT2D eigenvalue weighted by molar-refractivity contribution is 0.0315. The van der Waals surface area contributed by atoms with Crippen LogP contribution in [0.25, 0.3) is 28.0 Å². The van der Waals surface area contributed by atoms with Crippen molar-refractivity contribution in [3.8, 4) is 17.1 Å². The van der Waals surface area contributed by atoms with Crippen LogP contribution in [0.4, 0.5) is 0 Å². The molecule has 4 aromatic rings. The van der Waals surface area contributed by atoms with Crippen LogP contribution >= 0.6 is 11.8 Å². The summed E-state index contributed by atoms with van der Waals surface area (Å²) in [5, 5.41) is 11.2. The van der Waals surface area contributed by atoms with Gasteiger partial charge < -0.3 is 9.72 Å². The number of benzene rings is 2. The highest BCUT2D eigenvalue weighted by Gasteiger charge is 2.21. The molecule has 0 saturated carbocycles. The van der Waals surface area contributed by atoms with Gasteiger partial charge in [0.25, 0.3) is 0 Å². The fraction of sp³-hybridized carbons (Fsp3) is 0.304. The molecule has 2 aromatic heterocycles. The number of thioether (sulfide) groups is 1. The number of aromatic amines is 1. The zero-order valence-corrected chi connectivity index (χ0v) is 17.3. The zero-order chi connectivity index (χ0) is 19.6. The molecule has 1 N–H and O–H groups in total. The number of hydrogen-bond donors (Lipinski definition) is 1. The zero-order valence-electron chi connectivity index (χ0n) is 16.5. The Morgan fingerprint density at radius 1 is 1.14 bits per heavy atom. The molecular weight excluding hydrogens is 380 g/mol. The number of nitrogens with zero attached hydrogens (tertiary/aromatic N) is 3. The number of nitrogens with one attached hydrogen (secondary N) is 1. The Labute approximate surface area is 174 Å². The molecular formula is C23H24N4OS. The first-order valence-electron chi connectivity index (χ1n) is 10.1. The van der Waals surface area contributed by atoms with Gasteiger partial charge in [-0.15, -0.1) is 10.2 Å². The molecule has 1 atom stereocenters. The van der Waals surface area contributed by atoms with Crippen molar-refractivity contribution in [1.29, 1.82) is 0 Å². The van der Waals surface area contributed by atoms with Gasteiger partial charge >= 0.3 is 0 Å². The first-order valence-corrected chi connectivity index (χ1v) is 11.1. The molecule has 29 heavy (non-hydrogen) atoms. The van der Waals surface area contributed by atoms with Crippen molar-refractivity contribution < 1.29 is 4.74 Å². The van der Waals surface area contributed by atoms with E-state index in [1.54, 1.807) is 11.8 Å². The highest BCUT2D eigenvalue weighted by molar-refractivity contribution is 7.99. The lowest BCUT2D eigenvalue weighted by Gasteiger charge is -2.22. The molecule has 0 bridgehead atoms. The number of ether oxygens (including phenoxy) is 1. The van der Waals surface area contributed by atoms with Gasteiger partial charge in [0.05, 0.1) is 6.10 Å². The molecule has 148 valence electrons. The van der Waals surface area contributed by atoms with Crippen molar-refractivity contribution in [1.82, 2.24) is 19.7 Å². The van der Waals surface area contributed by atoms with Gasteiger partial charge in [-0.3, -0.25) is 4.57 Å². The smallest absolute Gasteiger partial charge is 0.196 e. The van der Waals surface area contributed by atoms with Crippen LogP contribution in [0.3, 0.4) is 0 Å². The summed E-state index contributed by atoms with van der Waals surface area (Å²) in [7, 11) is 0. The average Bonchev–Trinajstić information content (AvgIpc) is 3.37. The van der Waals surface area contributed by atoms with E-state index in [4.69, 9.17) is 4.74 Å². The van der Waals surface area contributed by atoms with Gasteiger partial charge in [0.2, 0.25) is 0 Å². The Hall–Kier alpha value is -2.57. The second-order valence-corrected chi connectivity index (χ2v) is 8.52. The van der Waals surface area contributed by atoms with Crippen LogP contribution in [-0.2, 0) is 4.74 Å². The minimum Gasteiger partial charge on any atom is -0.377 e. The number of hydrogen-bond acceptors (Lipinski definition) is 4. The van der Waals surface area contributed by atoms with E-state index < -0.39 is 0 Å². The molecule has 1 aliphatic heterocycles. The van der Waals surface area contributed by atoms with E-state index in [-0.39, 0.29) is 0 Å². The number of para-hydroxylation sites is 1. The van der Waals surface area contributed by atoms with Gasteiger partial charge in [-0.05, 0) is 49.9 Å². The van der Waals surface area contributed by atoms with Crippen LogP contribution in [0.15, 0.2) is 59.9 Å². The molecule has 0 spiro atoms.